The van der Waals surface area contributed by atoms with Crippen molar-refractivity contribution in [1.82, 2.24) is 0 Å². The standard InChI is InChI=1S/C15H19N3O3/c16-9-11-6-7-14(15(8-11)18(20)21)17-13-5-3-1-2-4-12(13)10-19/h6-8,12-13,17,19H,1-5,10H2/t12-,13+/m0/s1. The largest absolute Gasteiger partial charge is 0.396 e. The van der Waals surface area contributed by atoms with Gasteiger partial charge in [0, 0.05) is 24.6 Å². The highest BCUT2D eigenvalue weighted by Gasteiger charge is 2.25. The van der Waals surface area contributed by atoms with Gasteiger partial charge in [-0.2, -0.15) is 5.26 Å². The molecule has 1 aliphatic carbocycles. The van der Waals surface area contributed by atoms with Gasteiger partial charge in [0.05, 0.1) is 16.6 Å². The van der Waals surface area contributed by atoms with Gasteiger partial charge in [-0.25, -0.2) is 0 Å². The number of aliphatic hydroxyl groups excluding tert-OH is 1. The molecule has 0 spiro atoms. The molecule has 0 aliphatic heterocycles. The molecule has 0 saturated heterocycles. The van der Waals surface area contributed by atoms with E-state index in [4.69, 9.17) is 5.26 Å². The van der Waals surface area contributed by atoms with E-state index >= 15 is 0 Å². The number of nitrogens with zero attached hydrogens (tertiary/aromatic N) is 2. The summed E-state index contributed by atoms with van der Waals surface area (Å²) in [4.78, 5) is 10.7. The second-order valence-electron chi connectivity index (χ2n) is 5.43. The van der Waals surface area contributed by atoms with Crippen LogP contribution < -0.4 is 5.32 Å². The fraction of sp³-hybridized carbons (Fsp3) is 0.533. The van der Waals surface area contributed by atoms with Crippen molar-refractivity contribution in [3.05, 3.63) is 33.9 Å². The average molecular weight is 289 g/mol. The van der Waals surface area contributed by atoms with Crippen LogP contribution in [0, 0.1) is 27.4 Å². The summed E-state index contributed by atoms with van der Waals surface area (Å²) in [6.07, 6.45) is 5.09. The lowest BCUT2D eigenvalue weighted by molar-refractivity contribution is -0.384. The van der Waals surface area contributed by atoms with E-state index in [2.05, 4.69) is 5.32 Å². The molecule has 2 rings (SSSR count). The topological polar surface area (TPSA) is 99.2 Å². The zero-order chi connectivity index (χ0) is 15.2. The van der Waals surface area contributed by atoms with Crippen LogP contribution in [0.15, 0.2) is 18.2 Å². The van der Waals surface area contributed by atoms with Gasteiger partial charge in [-0.1, -0.05) is 19.3 Å². The van der Waals surface area contributed by atoms with Gasteiger partial charge >= 0.3 is 0 Å². The Morgan fingerprint density at radius 1 is 1.38 bits per heavy atom. The Kier molecular flexibility index (Phi) is 5.12. The maximum absolute atomic E-state index is 11.2. The number of anilines is 1. The van der Waals surface area contributed by atoms with E-state index in [1.54, 1.807) is 12.1 Å². The lowest BCUT2D eigenvalue weighted by atomic mass is 9.95. The molecule has 0 amide bonds. The van der Waals surface area contributed by atoms with Crippen molar-refractivity contribution >= 4 is 11.4 Å². The second-order valence-corrected chi connectivity index (χ2v) is 5.43. The van der Waals surface area contributed by atoms with E-state index in [1.807, 2.05) is 6.07 Å². The van der Waals surface area contributed by atoms with Gasteiger partial charge in [0.2, 0.25) is 0 Å². The third kappa shape index (κ3) is 3.70. The van der Waals surface area contributed by atoms with Crippen molar-refractivity contribution in [3.8, 4) is 6.07 Å². The number of nitrogens with one attached hydrogen (secondary N) is 1. The third-order valence-electron chi connectivity index (χ3n) is 4.06. The molecule has 1 fully saturated rings. The smallest absolute Gasteiger partial charge is 0.293 e. The van der Waals surface area contributed by atoms with Gasteiger partial charge in [-0.05, 0) is 25.0 Å². The lowest BCUT2D eigenvalue weighted by Gasteiger charge is -2.25. The molecule has 1 aromatic rings. The van der Waals surface area contributed by atoms with E-state index in [9.17, 15) is 15.2 Å². The Balaban J connectivity index is 2.25. The first kappa shape index (κ1) is 15.3. The predicted octanol–water partition coefficient (Wildman–Crippen LogP) is 2.82. The summed E-state index contributed by atoms with van der Waals surface area (Å²) < 4.78 is 0. The van der Waals surface area contributed by atoms with Crippen LogP contribution in [0.25, 0.3) is 0 Å². The average Bonchev–Trinajstić information content (AvgIpc) is 2.72. The summed E-state index contributed by atoms with van der Waals surface area (Å²) in [5, 5.41) is 32.7. The molecule has 1 saturated carbocycles. The summed E-state index contributed by atoms with van der Waals surface area (Å²) >= 11 is 0. The number of hydrogen-bond donors (Lipinski definition) is 2. The predicted molar refractivity (Wildman–Crippen MR) is 78.9 cm³/mol. The Hall–Kier alpha value is -2.13. The molecule has 0 bridgehead atoms. The van der Waals surface area contributed by atoms with Crippen molar-refractivity contribution < 1.29 is 10.0 Å². The van der Waals surface area contributed by atoms with Crippen molar-refractivity contribution in [2.45, 2.75) is 38.1 Å². The Morgan fingerprint density at radius 2 is 2.14 bits per heavy atom. The van der Waals surface area contributed by atoms with Crippen LogP contribution in [0.4, 0.5) is 11.4 Å². The third-order valence-corrected chi connectivity index (χ3v) is 4.06. The Labute approximate surface area is 123 Å². The van der Waals surface area contributed by atoms with Gasteiger partial charge in [-0.15, -0.1) is 0 Å². The van der Waals surface area contributed by atoms with Crippen LogP contribution in [0.5, 0.6) is 0 Å². The second kappa shape index (κ2) is 7.04. The minimum absolute atomic E-state index is 0.0316. The summed E-state index contributed by atoms with van der Waals surface area (Å²) in [6.45, 7) is 0.0851. The number of aliphatic hydroxyl groups is 1. The molecular formula is C15H19N3O3. The van der Waals surface area contributed by atoms with Crippen molar-refractivity contribution in [2.24, 2.45) is 5.92 Å². The van der Waals surface area contributed by atoms with Gasteiger partial charge < -0.3 is 10.4 Å². The van der Waals surface area contributed by atoms with E-state index in [0.717, 1.165) is 32.1 Å². The fourth-order valence-corrected chi connectivity index (χ4v) is 2.87. The van der Waals surface area contributed by atoms with Crippen molar-refractivity contribution in [2.75, 3.05) is 11.9 Å². The first-order chi connectivity index (χ1) is 10.2. The summed E-state index contributed by atoms with van der Waals surface area (Å²) in [7, 11) is 0. The molecule has 0 unspecified atom stereocenters. The van der Waals surface area contributed by atoms with Gasteiger partial charge in [-0.3, -0.25) is 10.1 Å². The van der Waals surface area contributed by atoms with Crippen molar-refractivity contribution in [1.29, 1.82) is 5.26 Å². The van der Waals surface area contributed by atoms with Crippen LogP contribution >= 0.6 is 0 Å². The molecule has 2 atom stereocenters. The van der Waals surface area contributed by atoms with E-state index < -0.39 is 4.92 Å². The van der Waals surface area contributed by atoms with E-state index in [0.29, 0.717) is 5.69 Å². The molecule has 0 heterocycles. The lowest BCUT2D eigenvalue weighted by Crippen LogP contribution is -2.30. The number of rotatable bonds is 4. The number of benzene rings is 1. The Morgan fingerprint density at radius 3 is 2.81 bits per heavy atom. The maximum atomic E-state index is 11.2. The highest BCUT2D eigenvalue weighted by molar-refractivity contribution is 5.64. The van der Waals surface area contributed by atoms with Crippen LogP contribution in [0.1, 0.15) is 37.7 Å². The number of nitro benzene ring substituents is 1. The highest BCUT2D eigenvalue weighted by Crippen LogP contribution is 2.31. The van der Waals surface area contributed by atoms with E-state index in [-0.39, 0.29) is 29.8 Å². The molecule has 1 aliphatic rings. The number of nitro groups is 1. The molecule has 112 valence electrons. The zero-order valence-electron chi connectivity index (χ0n) is 11.8. The number of nitriles is 1. The molecule has 2 N–H and O–H groups in total. The molecule has 0 radical (unpaired) electrons. The van der Waals surface area contributed by atoms with Crippen LogP contribution in [0.3, 0.4) is 0 Å². The van der Waals surface area contributed by atoms with Crippen molar-refractivity contribution in [3.63, 3.8) is 0 Å². The monoisotopic (exact) mass is 289 g/mol. The SMILES string of the molecule is N#Cc1ccc(N[C@@H]2CCCCC[C@H]2CO)c([N+](=O)[O-])c1. The quantitative estimate of drug-likeness (QED) is 0.504. The fourth-order valence-electron chi connectivity index (χ4n) is 2.87. The van der Waals surface area contributed by atoms with Gasteiger partial charge in [0.15, 0.2) is 0 Å². The maximum Gasteiger partial charge on any atom is 0.293 e. The van der Waals surface area contributed by atoms with Gasteiger partial charge in [0.1, 0.15) is 5.69 Å². The summed E-state index contributed by atoms with van der Waals surface area (Å²) in [5.74, 6) is 0.114. The minimum Gasteiger partial charge on any atom is -0.396 e. The summed E-state index contributed by atoms with van der Waals surface area (Å²) in [6, 6.07) is 6.38. The highest BCUT2D eigenvalue weighted by atomic mass is 16.6. The van der Waals surface area contributed by atoms with Gasteiger partial charge in [0.25, 0.3) is 5.69 Å². The zero-order valence-corrected chi connectivity index (χ0v) is 11.8. The van der Waals surface area contributed by atoms with E-state index in [1.165, 1.54) is 6.07 Å². The number of hydrogen-bond acceptors (Lipinski definition) is 5. The molecule has 0 aromatic heterocycles. The van der Waals surface area contributed by atoms with Crippen LogP contribution in [-0.2, 0) is 0 Å². The molecule has 6 heteroatoms. The summed E-state index contributed by atoms with van der Waals surface area (Å²) in [5.41, 5.74) is 0.603. The van der Waals surface area contributed by atoms with Crippen LogP contribution in [-0.4, -0.2) is 22.7 Å². The first-order valence-corrected chi connectivity index (χ1v) is 7.21. The molecule has 21 heavy (non-hydrogen) atoms. The first-order valence-electron chi connectivity index (χ1n) is 7.21. The normalized spacial score (nSPS) is 22.1. The minimum atomic E-state index is -0.478. The van der Waals surface area contributed by atoms with Crippen LogP contribution in [0.2, 0.25) is 0 Å². The molecular weight excluding hydrogens is 270 g/mol. The Bertz CT molecular complexity index is 554. The molecule has 1 aromatic carbocycles. The molecule has 6 nitrogen and oxygen atoms in total.